The molecule has 19 heavy (non-hydrogen) atoms. The first kappa shape index (κ1) is 14.5. The van der Waals surface area contributed by atoms with Crippen molar-refractivity contribution in [2.75, 3.05) is 19.6 Å². The van der Waals surface area contributed by atoms with Crippen LogP contribution in [-0.2, 0) is 6.54 Å². The van der Waals surface area contributed by atoms with Gasteiger partial charge in [0.1, 0.15) is 0 Å². The largest absolute Gasteiger partial charge is 0.330 e. The van der Waals surface area contributed by atoms with Crippen molar-refractivity contribution >= 4 is 0 Å². The van der Waals surface area contributed by atoms with E-state index in [1.165, 1.54) is 37.8 Å². The zero-order chi connectivity index (χ0) is 13.5. The summed E-state index contributed by atoms with van der Waals surface area (Å²) in [7, 11) is 0. The maximum Gasteiger partial charge on any atom is 0.0764 e. The molecular weight excluding hydrogens is 236 g/mol. The molecule has 4 nitrogen and oxygen atoms in total. The summed E-state index contributed by atoms with van der Waals surface area (Å²) in [5.41, 5.74) is 6.78. The van der Waals surface area contributed by atoms with Crippen LogP contribution in [0.15, 0.2) is 12.3 Å². The van der Waals surface area contributed by atoms with Crippen LogP contribution in [0, 0.1) is 0 Å². The van der Waals surface area contributed by atoms with Gasteiger partial charge in [-0.1, -0.05) is 26.2 Å². The van der Waals surface area contributed by atoms with Gasteiger partial charge in [-0.15, -0.1) is 0 Å². The molecule has 1 heterocycles. The SMILES string of the molecule is CCN(CCCN)Cc1ccn(C2CCCCC2)n1. The third-order valence-corrected chi connectivity index (χ3v) is 4.12. The van der Waals surface area contributed by atoms with Gasteiger partial charge in [0, 0.05) is 12.7 Å². The number of hydrogen-bond acceptors (Lipinski definition) is 3. The average molecular weight is 264 g/mol. The van der Waals surface area contributed by atoms with E-state index < -0.39 is 0 Å². The molecule has 0 radical (unpaired) electrons. The van der Waals surface area contributed by atoms with E-state index in [1.807, 2.05) is 0 Å². The molecule has 4 heteroatoms. The number of aromatic nitrogens is 2. The van der Waals surface area contributed by atoms with E-state index in [-0.39, 0.29) is 0 Å². The predicted molar refractivity (Wildman–Crippen MR) is 79.0 cm³/mol. The molecule has 1 aromatic heterocycles. The van der Waals surface area contributed by atoms with Crippen LogP contribution >= 0.6 is 0 Å². The van der Waals surface area contributed by atoms with E-state index in [2.05, 4.69) is 28.8 Å². The lowest BCUT2D eigenvalue weighted by atomic mass is 9.96. The van der Waals surface area contributed by atoms with Gasteiger partial charge in [0.2, 0.25) is 0 Å². The van der Waals surface area contributed by atoms with Crippen molar-refractivity contribution in [1.82, 2.24) is 14.7 Å². The maximum absolute atomic E-state index is 5.58. The Bertz CT molecular complexity index is 355. The standard InChI is InChI=1S/C15H28N4/c1-2-18(11-6-10-16)13-14-9-12-19(17-14)15-7-4-3-5-8-15/h9,12,15H,2-8,10-11,13,16H2,1H3. The summed E-state index contributed by atoms with van der Waals surface area (Å²) >= 11 is 0. The van der Waals surface area contributed by atoms with Crippen LogP contribution in [0.25, 0.3) is 0 Å². The lowest BCUT2D eigenvalue weighted by molar-refractivity contribution is 0.270. The highest BCUT2D eigenvalue weighted by Crippen LogP contribution is 2.27. The van der Waals surface area contributed by atoms with E-state index in [4.69, 9.17) is 10.8 Å². The summed E-state index contributed by atoms with van der Waals surface area (Å²) in [6, 6.07) is 2.82. The van der Waals surface area contributed by atoms with Crippen molar-refractivity contribution < 1.29 is 0 Å². The Morgan fingerprint density at radius 2 is 2.16 bits per heavy atom. The normalized spacial score (nSPS) is 17.2. The van der Waals surface area contributed by atoms with Crippen LogP contribution < -0.4 is 5.73 Å². The fourth-order valence-corrected chi connectivity index (χ4v) is 2.90. The summed E-state index contributed by atoms with van der Waals surface area (Å²) in [6.45, 7) is 6.07. The second kappa shape index (κ2) is 7.65. The van der Waals surface area contributed by atoms with Crippen LogP contribution in [0.3, 0.4) is 0 Å². The predicted octanol–water partition coefficient (Wildman–Crippen LogP) is 2.56. The van der Waals surface area contributed by atoms with Gasteiger partial charge in [-0.3, -0.25) is 9.58 Å². The second-order valence-corrected chi connectivity index (χ2v) is 5.59. The number of rotatable bonds is 7. The molecule has 1 aromatic rings. The molecular formula is C15H28N4. The highest BCUT2D eigenvalue weighted by atomic mass is 15.3. The van der Waals surface area contributed by atoms with Crippen LogP contribution in [-0.4, -0.2) is 34.3 Å². The first-order valence-electron chi connectivity index (χ1n) is 7.80. The van der Waals surface area contributed by atoms with Crippen LogP contribution in [0.2, 0.25) is 0 Å². The zero-order valence-electron chi connectivity index (χ0n) is 12.2. The molecule has 0 spiro atoms. The molecule has 1 aliphatic carbocycles. The van der Waals surface area contributed by atoms with Crippen molar-refractivity contribution in [1.29, 1.82) is 0 Å². The van der Waals surface area contributed by atoms with Gasteiger partial charge in [0.25, 0.3) is 0 Å². The lowest BCUT2D eigenvalue weighted by Crippen LogP contribution is -2.26. The summed E-state index contributed by atoms with van der Waals surface area (Å²) in [6.07, 6.45) is 9.94. The van der Waals surface area contributed by atoms with Gasteiger partial charge in [0.15, 0.2) is 0 Å². The average Bonchev–Trinajstić information content (AvgIpc) is 2.93. The summed E-state index contributed by atoms with van der Waals surface area (Å²) in [5.74, 6) is 0. The van der Waals surface area contributed by atoms with Gasteiger partial charge in [-0.2, -0.15) is 5.10 Å². The minimum atomic E-state index is 0.640. The molecule has 108 valence electrons. The maximum atomic E-state index is 5.58. The highest BCUT2D eigenvalue weighted by Gasteiger charge is 2.16. The molecule has 1 aliphatic rings. The molecule has 0 saturated heterocycles. The topological polar surface area (TPSA) is 47.1 Å². The first-order valence-corrected chi connectivity index (χ1v) is 7.80. The highest BCUT2D eigenvalue weighted by molar-refractivity contribution is 5.00. The summed E-state index contributed by atoms with van der Waals surface area (Å²) < 4.78 is 2.20. The molecule has 2 N–H and O–H groups in total. The Kier molecular flexibility index (Phi) is 5.86. The van der Waals surface area contributed by atoms with Crippen LogP contribution in [0.1, 0.15) is 57.2 Å². The van der Waals surface area contributed by atoms with Gasteiger partial charge in [-0.25, -0.2) is 0 Å². The van der Waals surface area contributed by atoms with Crippen LogP contribution in [0.5, 0.6) is 0 Å². The van der Waals surface area contributed by atoms with E-state index in [9.17, 15) is 0 Å². The van der Waals surface area contributed by atoms with Crippen molar-refractivity contribution in [3.63, 3.8) is 0 Å². The molecule has 0 aliphatic heterocycles. The van der Waals surface area contributed by atoms with Gasteiger partial charge < -0.3 is 5.73 Å². The molecule has 1 saturated carbocycles. The van der Waals surface area contributed by atoms with E-state index in [0.29, 0.717) is 6.04 Å². The minimum absolute atomic E-state index is 0.640. The molecule has 0 atom stereocenters. The quantitative estimate of drug-likeness (QED) is 0.823. The number of nitrogens with two attached hydrogens (primary N) is 1. The Morgan fingerprint density at radius 3 is 2.84 bits per heavy atom. The number of nitrogens with zero attached hydrogens (tertiary/aromatic N) is 3. The van der Waals surface area contributed by atoms with Crippen molar-refractivity contribution in [3.8, 4) is 0 Å². The molecule has 1 fully saturated rings. The smallest absolute Gasteiger partial charge is 0.0764 e. The second-order valence-electron chi connectivity index (χ2n) is 5.59. The van der Waals surface area contributed by atoms with E-state index in [1.54, 1.807) is 0 Å². The monoisotopic (exact) mass is 264 g/mol. The van der Waals surface area contributed by atoms with Crippen molar-refractivity contribution in [2.24, 2.45) is 5.73 Å². The lowest BCUT2D eigenvalue weighted by Gasteiger charge is -2.22. The van der Waals surface area contributed by atoms with Gasteiger partial charge in [-0.05, 0) is 45.0 Å². The Morgan fingerprint density at radius 1 is 1.37 bits per heavy atom. The van der Waals surface area contributed by atoms with Crippen LogP contribution in [0.4, 0.5) is 0 Å². The van der Waals surface area contributed by atoms with Gasteiger partial charge in [0.05, 0.1) is 11.7 Å². The Hall–Kier alpha value is -0.870. The summed E-state index contributed by atoms with van der Waals surface area (Å²) in [5, 5.41) is 4.77. The molecule has 0 aromatic carbocycles. The van der Waals surface area contributed by atoms with Gasteiger partial charge >= 0.3 is 0 Å². The first-order chi connectivity index (χ1) is 9.33. The molecule has 0 bridgehead atoms. The minimum Gasteiger partial charge on any atom is -0.330 e. The van der Waals surface area contributed by atoms with E-state index >= 15 is 0 Å². The third kappa shape index (κ3) is 4.32. The Labute approximate surface area is 117 Å². The third-order valence-electron chi connectivity index (χ3n) is 4.12. The van der Waals surface area contributed by atoms with Crippen molar-refractivity contribution in [2.45, 2.75) is 58.0 Å². The summed E-state index contributed by atoms with van der Waals surface area (Å²) in [4.78, 5) is 2.42. The fourth-order valence-electron chi connectivity index (χ4n) is 2.90. The molecule has 2 rings (SSSR count). The fraction of sp³-hybridized carbons (Fsp3) is 0.800. The van der Waals surface area contributed by atoms with E-state index in [0.717, 1.165) is 32.6 Å². The molecule has 0 amide bonds. The number of hydrogen-bond donors (Lipinski definition) is 1. The Balaban J connectivity index is 1.88. The molecule has 0 unspecified atom stereocenters. The van der Waals surface area contributed by atoms with Crippen molar-refractivity contribution in [3.05, 3.63) is 18.0 Å². The zero-order valence-corrected chi connectivity index (χ0v) is 12.2.